The van der Waals surface area contributed by atoms with Crippen molar-refractivity contribution in [2.75, 3.05) is 18.8 Å². The maximum absolute atomic E-state index is 12.8. The average Bonchev–Trinajstić information content (AvgIpc) is 2.78. The smallest absolute Gasteiger partial charge is 0.261 e. The lowest BCUT2D eigenvalue weighted by Crippen LogP contribution is -2.31. The molecule has 0 amide bonds. The molecule has 4 rings (SSSR count). The number of pyridine rings is 1. The van der Waals surface area contributed by atoms with Gasteiger partial charge in [-0.05, 0) is 37.1 Å². The highest BCUT2D eigenvalue weighted by Gasteiger charge is 2.25. The standard InChI is InChI=1S/C20H21N3O3S/c1-15-17(20(24)23-10-5-4-8-19(23)21-15)9-11-22-12-13-27(25,26)18-7-3-2-6-16(18)14-22/h2-8,10H,9,11-14H2,1H3. The van der Waals surface area contributed by atoms with Crippen LogP contribution in [-0.2, 0) is 22.8 Å². The molecule has 0 unspecified atom stereocenters. The highest BCUT2D eigenvalue weighted by atomic mass is 32.2. The first kappa shape index (κ1) is 17.9. The molecule has 27 heavy (non-hydrogen) atoms. The molecule has 2 aromatic heterocycles. The molecule has 0 aliphatic carbocycles. The number of fused-ring (bicyclic) bond motifs is 2. The number of hydrogen-bond donors (Lipinski definition) is 0. The van der Waals surface area contributed by atoms with Crippen LogP contribution in [0, 0.1) is 6.92 Å². The van der Waals surface area contributed by atoms with Crippen molar-refractivity contribution in [2.24, 2.45) is 0 Å². The molecule has 1 aromatic carbocycles. The molecule has 140 valence electrons. The molecule has 0 atom stereocenters. The minimum Gasteiger partial charge on any atom is -0.298 e. The van der Waals surface area contributed by atoms with Crippen LogP contribution < -0.4 is 5.56 Å². The normalized spacial score (nSPS) is 16.8. The fourth-order valence-corrected chi connectivity index (χ4v) is 5.14. The first-order valence-corrected chi connectivity index (χ1v) is 10.6. The fourth-order valence-electron chi connectivity index (χ4n) is 3.60. The minimum absolute atomic E-state index is 0.0547. The summed E-state index contributed by atoms with van der Waals surface area (Å²) in [6, 6.07) is 12.6. The Hall–Kier alpha value is -2.51. The maximum Gasteiger partial charge on any atom is 0.261 e. The van der Waals surface area contributed by atoms with Gasteiger partial charge in [0.25, 0.3) is 5.56 Å². The third-order valence-electron chi connectivity index (χ3n) is 5.09. The fraction of sp³-hybridized carbons (Fsp3) is 0.300. The second kappa shape index (κ2) is 6.90. The molecule has 1 aliphatic rings. The van der Waals surface area contributed by atoms with Crippen LogP contribution in [0.1, 0.15) is 16.8 Å². The summed E-state index contributed by atoms with van der Waals surface area (Å²) < 4.78 is 26.5. The molecule has 0 radical (unpaired) electrons. The van der Waals surface area contributed by atoms with Gasteiger partial charge in [-0.1, -0.05) is 24.3 Å². The molecule has 0 fully saturated rings. The zero-order valence-electron chi connectivity index (χ0n) is 15.1. The summed E-state index contributed by atoms with van der Waals surface area (Å²) in [7, 11) is -3.26. The van der Waals surface area contributed by atoms with Gasteiger partial charge in [0.05, 0.1) is 10.6 Å². The molecule has 1 aliphatic heterocycles. The Bertz CT molecular complexity index is 1170. The Morgan fingerprint density at radius 2 is 1.89 bits per heavy atom. The summed E-state index contributed by atoms with van der Waals surface area (Å²) in [5.41, 5.74) is 2.81. The quantitative estimate of drug-likeness (QED) is 0.690. The van der Waals surface area contributed by atoms with Gasteiger partial charge in [-0.3, -0.25) is 14.1 Å². The van der Waals surface area contributed by atoms with Gasteiger partial charge in [0, 0.05) is 37.1 Å². The van der Waals surface area contributed by atoms with Gasteiger partial charge in [-0.15, -0.1) is 0 Å². The molecular formula is C20H21N3O3S. The number of aromatic nitrogens is 2. The van der Waals surface area contributed by atoms with E-state index in [1.165, 1.54) is 0 Å². The van der Waals surface area contributed by atoms with Crippen LogP contribution >= 0.6 is 0 Å². The largest absolute Gasteiger partial charge is 0.298 e. The Kier molecular flexibility index (Phi) is 4.57. The lowest BCUT2D eigenvalue weighted by molar-refractivity contribution is 0.285. The van der Waals surface area contributed by atoms with E-state index in [1.807, 2.05) is 37.3 Å². The summed E-state index contributed by atoms with van der Waals surface area (Å²) in [6.07, 6.45) is 2.26. The lowest BCUT2D eigenvalue weighted by Gasteiger charge is -2.20. The summed E-state index contributed by atoms with van der Waals surface area (Å²) in [5.74, 6) is 0.0952. The summed E-state index contributed by atoms with van der Waals surface area (Å²) in [4.78, 5) is 19.9. The third-order valence-corrected chi connectivity index (χ3v) is 6.88. The Labute approximate surface area is 158 Å². The van der Waals surface area contributed by atoms with Gasteiger partial charge in [0.1, 0.15) is 5.65 Å². The van der Waals surface area contributed by atoms with Crippen molar-refractivity contribution in [3.63, 3.8) is 0 Å². The van der Waals surface area contributed by atoms with Gasteiger partial charge in [-0.25, -0.2) is 13.4 Å². The molecule has 0 N–H and O–H groups in total. The number of nitrogens with zero attached hydrogens (tertiary/aromatic N) is 3. The van der Waals surface area contributed by atoms with Crippen molar-refractivity contribution >= 4 is 15.5 Å². The van der Waals surface area contributed by atoms with E-state index in [0.717, 1.165) is 11.3 Å². The SMILES string of the molecule is Cc1nc2ccccn2c(=O)c1CCN1CCS(=O)(=O)c2ccccc2C1. The van der Waals surface area contributed by atoms with Crippen LogP contribution in [0.5, 0.6) is 0 Å². The topological polar surface area (TPSA) is 71.8 Å². The van der Waals surface area contributed by atoms with E-state index >= 15 is 0 Å². The second-order valence-corrected chi connectivity index (χ2v) is 8.94. The van der Waals surface area contributed by atoms with Gasteiger partial charge >= 0.3 is 0 Å². The molecule has 7 heteroatoms. The summed E-state index contributed by atoms with van der Waals surface area (Å²) in [5, 5.41) is 0. The zero-order chi connectivity index (χ0) is 19.0. The highest BCUT2D eigenvalue weighted by molar-refractivity contribution is 7.91. The monoisotopic (exact) mass is 383 g/mol. The van der Waals surface area contributed by atoms with E-state index in [1.54, 1.807) is 22.7 Å². The van der Waals surface area contributed by atoms with E-state index in [9.17, 15) is 13.2 Å². The van der Waals surface area contributed by atoms with Crippen LogP contribution in [0.15, 0.2) is 58.4 Å². The first-order valence-electron chi connectivity index (χ1n) is 8.95. The number of benzene rings is 1. The van der Waals surface area contributed by atoms with E-state index in [-0.39, 0.29) is 11.3 Å². The zero-order valence-corrected chi connectivity index (χ0v) is 15.9. The molecule has 3 aromatic rings. The molecular weight excluding hydrogens is 362 g/mol. The van der Waals surface area contributed by atoms with Gasteiger partial charge in [0.2, 0.25) is 0 Å². The maximum atomic E-state index is 12.8. The van der Waals surface area contributed by atoms with Gasteiger partial charge in [0.15, 0.2) is 9.84 Å². The predicted molar refractivity (Wildman–Crippen MR) is 104 cm³/mol. The number of rotatable bonds is 3. The number of sulfone groups is 1. The van der Waals surface area contributed by atoms with Gasteiger partial charge in [-0.2, -0.15) is 0 Å². The van der Waals surface area contributed by atoms with E-state index in [2.05, 4.69) is 9.88 Å². The van der Waals surface area contributed by atoms with Crippen LogP contribution in [0.3, 0.4) is 0 Å². The van der Waals surface area contributed by atoms with Crippen molar-refractivity contribution < 1.29 is 8.42 Å². The third kappa shape index (κ3) is 3.40. The highest BCUT2D eigenvalue weighted by Crippen LogP contribution is 2.22. The Morgan fingerprint density at radius 1 is 1.11 bits per heavy atom. The van der Waals surface area contributed by atoms with E-state index < -0.39 is 9.84 Å². The molecule has 0 spiro atoms. The molecule has 6 nitrogen and oxygen atoms in total. The van der Waals surface area contributed by atoms with Crippen LogP contribution in [0.4, 0.5) is 0 Å². The minimum atomic E-state index is -3.26. The second-order valence-electron chi connectivity index (χ2n) is 6.86. The summed E-state index contributed by atoms with van der Waals surface area (Å²) >= 11 is 0. The van der Waals surface area contributed by atoms with Gasteiger partial charge < -0.3 is 0 Å². The van der Waals surface area contributed by atoms with E-state index in [0.29, 0.717) is 42.2 Å². The Balaban J connectivity index is 1.60. The average molecular weight is 383 g/mol. The lowest BCUT2D eigenvalue weighted by atomic mass is 10.1. The van der Waals surface area contributed by atoms with Crippen LogP contribution in [0.25, 0.3) is 5.65 Å². The van der Waals surface area contributed by atoms with Crippen LogP contribution in [0.2, 0.25) is 0 Å². The van der Waals surface area contributed by atoms with Crippen LogP contribution in [-0.4, -0.2) is 41.5 Å². The molecule has 0 bridgehead atoms. The first-order chi connectivity index (χ1) is 13.0. The van der Waals surface area contributed by atoms with Crippen molar-refractivity contribution in [1.29, 1.82) is 0 Å². The van der Waals surface area contributed by atoms with Crippen molar-refractivity contribution in [1.82, 2.24) is 14.3 Å². The number of aryl methyl sites for hydroxylation is 1. The predicted octanol–water partition coefficient (Wildman–Crippen LogP) is 1.83. The van der Waals surface area contributed by atoms with Crippen molar-refractivity contribution in [3.05, 3.63) is 75.8 Å². The summed E-state index contributed by atoms with van der Waals surface area (Å²) in [6.45, 7) is 3.49. The number of hydrogen-bond acceptors (Lipinski definition) is 5. The Morgan fingerprint density at radius 3 is 2.74 bits per heavy atom. The van der Waals surface area contributed by atoms with Crippen molar-refractivity contribution in [3.8, 4) is 0 Å². The molecule has 0 saturated heterocycles. The van der Waals surface area contributed by atoms with Crippen molar-refractivity contribution in [2.45, 2.75) is 24.8 Å². The molecule has 0 saturated carbocycles. The molecule has 3 heterocycles. The van der Waals surface area contributed by atoms with E-state index in [4.69, 9.17) is 0 Å².